The van der Waals surface area contributed by atoms with E-state index < -0.39 is 0 Å². The maximum Gasteiger partial charge on any atom is 0.249 e. The van der Waals surface area contributed by atoms with Crippen molar-refractivity contribution < 1.29 is 9.63 Å². The topological polar surface area (TPSA) is 55.6 Å². The molecule has 0 aromatic carbocycles. The van der Waals surface area contributed by atoms with Crippen LogP contribution in [0.15, 0.2) is 0 Å². The fourth-order valence-electron chi connectivity index (χ4n) is 2.28. The molecular formula is C10H18N2O2. The number of carbonyl (C=O) groups excluding carboxylic acids is 1. The molecule has 0 aromatic heterocycles. The fraction of sp³-hybridized carbons (Fsp3) is 0.900. The molecule has 0 radical (unpaired) electrons. The lowest BCUT2D eigenvalue weighted by atomic mass is 9.85. The van der Waals surface area contributed by atoms with Crippen LogP contribution in [0.5, 0.6) is 0 Å². The van der Waals surface area contributed by atoms with Crippen LogP contribution in [0.1, 0.15) is 32.1 Å². The van der Waals surface area contributed by atoms with Crippen LogP contribution in [-0.2, 0) is 9.63 Å². The van der Waals surface area contributed by atoms with Gasteiger partial charge in [0.15, 0.2) is 0 Å². The van der Waals surface area contributed by atoms with Crippen molar-refractivity contribution in [2.24, 2.45) is 11.7 Å². The third-order valence-corrected chi connectivity index (χ3v) is 3.06. The van der Waals surface area contributed by atoms with Gasteiger partial charge in [0, 0.05) is 12.0 Å². The Morgan fingerprint density at radius 3 is 2.86 bits per heavy atom. The first-order valence-electron chi connectivity index (χ1n) is 5.47. The maximum atomic E-state index is 11.9. The number of nitrogens with two attached hydrogens (primary N) is 1. The molecule has 14 heavy (non-hydrogen) atoms. The van der Waals surface area contributed by atoms with Gasteiger partial charge in [0.05, 0.1) is 13.2 Å². The zero-order valence-corrected chi connectivity index (χ0v) is 8.45. The minimum Gasteiger partial charge on any atom is -0.328 e. The molecule has 1 aliphatic heterocycles. The Morgan fingerprint density at radius 1 is 1.36 bits per heavy atom. The molecule has 4 heteroatoms. The average molecular weight is 198 g/mol. The Labute approximate surface area is 84.3 Å². The lowest BCUT2D eigenvalue weighted by Gasteiger charge is -2.28. The van der Waals surface area contributed by atoms with Gasteiger partial charge in [-0.25, -0.2) is 5.06 Å². The van der Waals surface area contributed by atoms with E-state index in [4.69, 9.17) is 10.6 Å². The predicted octanol–water partition coefficient (Wildman–Crippen LogP) is 0.668. The first kappa shape index (κ1) is 9.93. The van der Waals surface area contributed by atoms with Crippen LogP contribution >= 0.6 is 0 Å². The minimum absolute atomic E-state index is 0.108. The van der Waals surface area contributed by atoms with Gasteiger partial charge in [-0.05, 0) is 25.7 Å². The van der Waals surface area contributed by atoms with Gasteiger partial charge in [-0.1, -0.05) is 6.42 Å². The number of hydroxylamine groups is 2. The van der Waals surface area contributed by atoms with Crippen LogP contribution in [0.3, 0.4) is 0 Å². The zero-order valence-electron chi connectivity index (χ0n) is 8.45. The van der Waals surface area contributed by atoms with Crippen molar-refractivity contribution in [2.75, 3.05) is 13.2 Å². The first-order valence-corrected chi connectivity index (χ1v) is 5.47. The van der Waals surface area contributed by atoms with Crippen LogP contribution in [0.25, 0.3) is 0 Å². The van der Waals surface area contributed by atoms with E-state index >= 15 is 0 Å². The second-order valence-corrected chi connectivity index (χ2v) is 4.25. The summed E-state index contributed by atoms with van der Waals surface area (Å²) in [5, 5.41) is 1.53. The Morgan fingerprint density at radius 2 is 2.21 bits per heavy atom. The Kier molecular flexibility index (Phi) is 3.03. The third-order valence-electron chi connectivity index (χ3n) is 3.06. The largest absolute Gasteiger partial charge is 0.328 e. The van der Waals surface area contributed by atoms with Gasteiger partial charge in [-0.15, -0.1) is 0 Å². The van der Waals surface area contributed by atoms with Crippen molar-refractivity contribution >= 4 is 5.91 Å². The molecule has 1 heterocycles. The van der Waals surface area contributed by atoms with Gasteiger partial charge < -0.3 is 5.73 Å². The SMILES string of the molecule is NC1CCCC(C(=O)N2CCCO2)C1. The molecule has 4 nitrogen and oxygen atoms in total. The van der Waals surface area contributed by atoms with Gasteiger partial charge in [-0.2, -0.15) is 0 Å². The number of amides is 1. The quantitative estimate of drug-likeness (QED) is 0.673. The van der Waals surface area contributed by atoms with Gasteiger partial charge in [0.25, 0.3) is 0 Å². The monoisotopic (exact) mass is 198 g/mol. The van der Waals surface area contributed by atoms with Gasteiger partial charge >= 0.3 is 0 Å². The van der Waals surface area contributed by atoms with Gasteiger partial charge in [-0.3, -0.25) is 9.63 Å². The molecule has 2 aliphatic rings. The fourth-order valence-corrected chi connectivity index (χ4v) is 2.28. The van der Waals surface area contributed by atoms with E-state index in [0.717, 1.165) is 38.6 Å². The van der Waals surface area contributed by atoms with E-state index in [1.54, 1.807) is 0 Å². The number of nitrogens with zero attached hydrogens (tertiary/aromatic N) is 1. The summed E-state index contributed by atoms with van der Waals surface area (Å²) in [4.78, 5) is 17.1. The summed E-state index contributed by atoms with van der Waals surface area (Å²) in [7, 11) is 0. The summed E-state index contributed by atoms with van der Waals surface area (Å²) in [5.74, 6) is 0.259. The van der Waals surface area contributed by atoms with E-state index in [1.807, 2.05) is 0 Å². The second-order valence-electron chi connectivity index (χ2n) is 4.25. The molecule has 2 fully saturated rings. The lowest BCUT2D eigenvalue weighted by molar-refractivity contribution is -0.174. The van der Waals surface area contributed by atoms with E-state index in [9.17, 15) is 4.79 Å². The standard InChI is InChI=1S/C10H18N2O2/c11-9-4-1-3-8(7-9)10(13)12-5-2-6-14-12/h8-9H,1-7,11H2. The van der Waals surface area contributed by atoms with E-state index in [2.05, 4.69) is 0 Å². The molecule has 1 saturated carbocycles. The highest BCUT2D eigenvalue weighted by Gasteiger charge is 2.30. The molecule has 0 bridgehead atoms. The zero-order chi connectivity index (χ0) is 9.97. The molecule has 1 saturated heterocycles. The first-order chi connectivity index (χ1) is 6.77. The molecule has 2 N–H and O–H groups in total. The highest BCUT2D eigenvalue weighted by atomic mass is 16.7. The lowest BCUT2D eigenvalue weighted by Crippen LogP contribution is -2.38. The molecule has 2 unspecified atom stereocenters. The van der Waals surface area contributed by atoms with Crippen molar-refractivity contribution in [3.8, 4) is 0 Å². The van der Waals surface area contributed by atoms with E-state index in [0.29, 0.717) is 6.61 Å². The molecule has 0 aromatic rings. The van der Waals surface area contributed by atoms with Gasteiger partial charge in [0.2, 0.25) is 5.91 Å². The van der Waals surface area contributed by atoms with Crippen LogP contribution in [0.4, 0.5) is 0 Å². The molecule has 2 rings (SSSR count). The number of carbonyl (C=O) groups is 1. The highest BCUT2D eigenvalue weighted by Crippen LogP contribution is 2.25. The van der Waals surface area contributed by atoms with Crippen molar-refractivity contribution in [1.82, 2.24) is 5.06 Å². The highest BCUT2D eigenvalue weighted by molar-refractivity contribution is 5.78. The van der Waals surface area contributed by atoms with Crippen LogP contribution < -0.4 is 5.73 Å². The summed E-state index contributed by atoms with van der Waals surface area (Å²) in [6, 6.07) is 0.209. The smallest absolute Gasteiger partial charge is 0.249 e. The van der Waals surface area contributed by atoms with Crippen molar-refractivity contribution in [1.29, 1.82) is 0 Å². The molecule has 2 atom stereocenters. The van der Waals surface area contributed by atoms with Crippen LogP contribution in [0.2, 0.25) is 0 Å². The van der Waals surface area contributed by atoms with Crippen molar-refractivity contribution in [3.05, 3.63) is 0 Å². The third kappa shape index (κ3) is 2.07. The summed E-state index contributed by atoms with van der Waals surface area (Å²) in [6.07, 6.45) is 4.91. The summed E-state index contributed by atoms with van der Waals surface area (Å²) in [5.41, 5.74) is 5.85. The number of hydrogen-bond acceptors (Lipinski definition) is 3. The second kappa shape index (κ2) is 4.28. The van der Waals surface area contributed by atoms with Crippen LogP contribution in [-0.4, -0.2) is 30.2 Å². The summed E-state index contributed by atoms with van der Waals surface area (Å²) in [6.45, 7) is 1.44. The molecule has 1 amide bonds. The van der Waals surface area contributed by atoms with Crippen molar-refractivity contribution in [2.45, 2.75) is 38.1 Å². The molecule has 0 spiro atoms. The van der Waals surface area contributed by atoms with Crippen LogP contribution in [0, 0.1) is 5.92 Å². The van der Waals surface area contributed by atoms with E-state index in [-0.39, 0.29) is 17.9 Å². The molecule has 80 valence electrons. The molecular weight excluding hydrogens is 180 g/mol. The molecule has 1 aliphatic carbocycles. The Balaban J connectivity index is 1.89. The summed E-state index contributed by atoms with van der Waals surface area (Å²) >= 11 is 0. The maximum absolute atomic E-state index is 11.9. The number of rotatable bonds is 1. The Hall–Kier alpha value is -0.610. The normalized spacial score (nSPS) is 33.4. The predicted molar refractivity (Wildman–Crippen MR) is 52.2 cm³/mol. The Bertz CT molecular complexity index is 214. The summed E-state index contributed by atoms with van der Waals surface area (Å²) < 4.78 is 0. The number of hydrogen-bond donors (Lipinski definition) is 1. The van der Waals surface area contributed by atoms with Crippen molar-refractivity contribution in [3.63, 3.8) is 0 Å². The van der Waals surface area contributed by atoms with Gasteiger partial charge in [0.1, 0.15) is 0 Å². The van der Waals surface area contributed by atoms with E-state index in [1.165, 1.54) is 5.06 Å². The minimum atomic E-state index is 0.108. The average Bonchev–Trinajstić information content (AvgIpc) is 2.69.